The average Bonchev–Trinajstić information content (AvgIpc) is 2.56. The SMILES string of the molecule is CC(=O)N(C)Cc1ccccc1NC(=O)c1ccc(C)c([N+](=O)[O-])c1. The molecule has 1 N–H and O–H groups in total. The maximum Gasteiger partial charge on any atom is 0.273 e. The molecule has 0 unspecified atom stereocenters. The molecule has 7 nitrogen and oxygen atoms in total. The van der Waals surface area contributed by atoms with Crippen molar-refractivity contribution in [2.45, 2.75) is 20.4 Å². The molecule has 2 aromatic rings. The number of carbonyl (C=O) groups excluding carboxylic acids is 2. The van der Waals surface area contributed by atoms with Crippen molar-refractivity contribution in [1.29, 1.82) is 0 Å². The second-order valence-corrected chi connectivity index (χ2v) is 5.74. The van der Waals surface area contributed by atoms with E-state index in [1.165, 1.54) is 17.9 Å². The van der Waals surface area contributed by atoms with Crippen LogP contribution in [-0.4, -0.2) is 28.7 Å². The predicted octanol–water partition coefficient (Wildman–Crippen LogP) is 3.13. The minimum atomic E-state index is -0.512. The number of benzene rings is 2. The summed E-state index contributed by atoms with van der Waals surface area (Å²) >= 11 is 0. The maximum absolute atomic E-state index is 12.5. The Balaban J connectivity index is 2.25. The molecule has 0 saturated carbocycles. The Hall–Kier alpha value is -3.22. The van der Waals surface area contributed by atoms with Crippen molar-refractivity contribution in [2.75, 3.05) is 12.4 Å². The zero-order valence-electron chi connectivity index (χ0n) is 14.3. The van der Waals surface area contributed by atoms with Gasteiger partial charge in [0.2, 0.25) is 5.91 Å². The first kappa shape index (κ1) is 18.1. The van der Waals surface area contributed by atoms with Crippen LogP contribution in [0.5, 0.6) is 0 Å². The number of rotatable bonds is 5. The third kappa shape index (κ3) is 4.41. The lowest BCUT2D eigenvalue weighted by molar-refractivity contribution is -0.385. The second kappa shape index (κ2) is 7.57. The van der Waals surface area contributed by atoms with Gasteiger partial charge in [0.15, 0.2) is 0 Å². The molecule has 0 radical (unpaired) electrons. The molecule has 25 heavy (non-hydrogen) atoms. The van der Waals surface area contributed by atoms with Crippen LogP contribution in [0.25, 0.3) is 0 Å². The molecular formula is C18H19N3O4. The van der Waals surface area contributed by atoms with Gasteiger partial charge in [-0.2, -0.15) is 0 Å². The van der Waals surface area contributed by atoms with Crippen LogP contribution < -0.4 is 5.32 Å². The minimum absolute atomic E-state index is 0.0877. The largest absolute Gasteiger partial charge is 0.342 e. The highest BCUT2D eigenvalue weighted by molar-refractivity contribution is 6.05. The lowest BCUT2D eigenvalue weighted by atomic mass is 10.1. The maximum atomic E-state index is 12.5. The van der Waals surface area contributed by atoms with Gasteiger partial charge in [-0.25, -0.2) is 0 Å². The molecule has 7 heteroatoms. The number of carbonyl (C=O) groups is 2. The molecular weight excluding hydrogens is 322 g/mol. The predicted molar refractivity (Wildman–Crippen MR) is 94.4 cm³/mol. The average molecular weight is 341 g/mol. The van der Waals surface area contributed by atoms with Crippen LogP contribution in [-0.2, 0) is 11.3 Å². The lowest BCUT2D eigenvalue weighted by Gasteiger charge is -2.18. The molecule has 0 aromatic heterocycles. The molecule has 0 fully saturated rings. The van der Waals surface area contributed by atoms with Crippen LogP contribution in [0.1, 0.15) is 28.4 Å². The molecule has 2 amide bonds. The number of hydrogen-bond acceptors (Lipinski definition) is 4. The Morgan fingerprint density at radius 2 is 1.88 bits per heavy atom. The molecule has 0 aliphatic heterocycles. The van der Waals surface area contributed by atoms with Crippen LogP contribution in [0.15, 0.2) is 42.5 Å². The quantitative estimate of drug-likeness (QED) is 0.668. The van der Waals surface area contributed by atoms with E-state index < -0.39 is 10.8 Å². The van der Waals surface area contributed by atoms with Crippen LogP contribution in [0, 0.1) is 17.0 Å². The third-order valence-electron chi connectivity index (χ3n) is 3.88. The lowest BCUT2D eigenvalue weighted by Crippen LogP contribution is -2.24. The van der Waals surface area contributed by atoms with E-state index in [9.17, 15) is 19.7 Å². The van der Waals surface area contributed by atoms with E-state index in [2.05, 4.69) is 5.32 Å². The summed E-state index contributed by atoms with van der Waals surface area (Å²) < 4.78 is 0. The summed E-state index contributed by atoms with van der Waals surface area (Å²) in [6.07, 6.45) is 0. The van der Waals surface area contributed by atoms with Crippen LogP contribution in [0.3, 0.4) is 0 Å². The van der Waals surface area contributed by atoms with Gasteiger partial charge in [0.05, 0.1) is 4.92 Å². The highest BCUT2D eigenvalue weighted by Gasteiger charge is 2.16. The molecule has 0 saturated heterocycles. The standard InChI is InChI=1S/C18H19N3O4/c1-12-8-9-14(10-17(12)21(24)25)18(23)19-16-7-5-4-6-15(16)11-20(3)13(2)22/h4-10H,11H2,1-3H3,(H,19,23). The van der Waals surface area contributed by atoms with Gasteiger partial charge in [-0.3, -0.25) is 19.7 Å². The Morgan fingerprint density at radius 1 is 1.20 bits per heavy atom. The third-order valence-corrected chi connectivity index (χ3v) is 3.88. The Labute approximate surface area is 145 Å². The zero-order valence-corrected chi connectivity index (χ0v) is 14.3. The van der Waals surface area contributed by atoms with E-state index in [0.717, 1.165) is 5.56 Å². The summed E-state index contributed by atoms with van der Waals surface area (Å²) in [6, 6.07) is 11.5. The van der Waals surface area contributed by atoms with Gasteiger partial charge in [0, 0.05) is 43.4 Å². The van der Waals surface area contributed by atoms with Gasteiger partial charge >= 0.3 is 0 Å². The summed E-state index contributed by atoms with van der Waals surface area (Å²) in [5.41, 5.74) is 1.92. The van der Waals surface area contributed by atoms with Gasteiger partial charge in [0.25, 0.3) is 11.6 Å². The van der Waals surface area contributed by atoms with E-state index >= 15 is 0 Å². The van der Waals surface area contributed by atoms with Crippen molar-refractivity contribution in [3.63, 3.8) is 0 Å². The molecule has 0 heterocycles. The van der Waals surface area contributed by atoms with E-state index in [-0.39, 0.29) is 17.2 Å². The number of para-hydroxylation sites is 1. The van der Waals surface area contributed by atoms with Crippen molar-refractivity contribution in [1.82, 2.24) is 4.90 Å². The number of aryl methyl sites for hydroxylation is 1. The number of hydrogen-bond donors (Lipinski definition) is 1. The van der Waals surface area contributed by atoms with Crippen LogP contribution in [0.2, 0.25) is 0 Å². The fourth-order valence-electron chi connectivity index (χ4n) is 2.29. The number of nitrogens with zero attached hydrogens (tertiary/aromatic N) is 2. The number of nitro benzene ring substituents is 1. The highest BCUT2D eigenvalue weighted by atomic mass is 16.6. The van der Waals surface area contributed by atoms with Gasteiger partial charge < -0.3 is 10.2 Å². The molecule has 2 rings (SSSR count). The van der Waals surface area contributed by atoms with E-state index in [0.29, 0.717) is 17.8 Å². The minimum Gasteiger partial charge on any atom is -0.342 e. The van der Waals surface area contributed by atoms with Crippen LogP contribution >= 0.6 is 0 Å². The van der Waals surface area contributed by atoms with Crippen molar-refractivity contribution >= 4 is 23.2 Å². The fourth-order valence-corrected chi connectivity index (χ4v) is 2.29. The summed E-state index contributed by atoms with van der Waals surface area (Å²) in [5, 5.41) is 13.8. The first-order valence-electron chi connectivity index (χ1n) is 7.65. The first-order chi connectivity index (χ1) is 11.8. The van der Waals surface area contributed by atoms with E-state index in [1.54, 1.807) is 38.2 Å². The Kier molecular flexibility index (Phi) is 5.49. The van der Waals surface area contributed by atoms with Crippen molar-refractivity contribution in [3.05, 3.63) is 69.3 Å². The normalized spacial score (nSPS) is 10.2. The highest BCUT2D eigenvalue weighted by Crippen LogP contribution is 2.22. The zero-order chi connectivity index (χ0) is 18.6. The fraction of sp³-hybridized carbons (Fsp3) is 0.222. The van der Waals surface area contributed by atoms with Gasteiger partial charge in [-0.15, -0.1) is 0 Å². The first-order valence-corrected chi connectivity index (χ1v) is 7.65. The monoisotopic (exact) mass is 341 g/mol. The number of anilines is 1. The molecule has 0 atom stereocenters. The summed E-state index contributed by atoms with van der Waals surface area (Å²) in [7, 11) is 1.67. The number of amides is 2. The molecule has 0 spiro atoms. The van der Waals surface area contributed by atoms with Gasteiger partial charge in [-0.1, -0.05) is 24.3 Å². The second-order valence-electron chi connectivity index (χ2n) is 5.74. The summed E-state index contributed by atoms with van der Waals surface area (Å²) in [6.45, 7) is 3.43. The van der Waals surface area contributed by atoms with Gasteiger partial charge in [0.1, 0.15) is 0 Å². The van der Waals surface area contributed by atoms with Crippen molar-refractivity contribution < 1.29 is 14.5 Å². The summed E-state index contributed by atoms with van der Waals surface area (Å²) in [5.74, 6) is -0.531. The molecule has 0 bridgehead atoms. The van der Waals surface area contributed by atoms with E-state index in [1.807, 2.05) is 12.1 Å². The topological polar surface area (TPSA) is 92.6 Å². The molecule has 0 aliphatic carbocycles. The smallest absolute Gasteiger partial charge is 0.273 e. The Bertz CT molecular complexity index is 833. The van der Waals surface area contributed by atoms with Gasteiger partial charge in [-0.05, 0) is 24.6 Å². The van der Waals surface area contributed by atoms with Crippen molar-refractivity contribution in [3.8, 4) is 0 Å². The Morgan fingerprint density at radius 3 is 2.52 bits per heavy atom. The number of nitrogens with one attached hydrogen (secondary N) is 1. The molecule has 130 valence electrons. The molecule has 2 aromatic carbocycles. The van der Waals surface area contributed by atoms with E-state index in [4.69, 9.17) is 0 Å². The van der Waals surface area contributed by atoms with Crippen LogP contribution in [0.4, 0.5) is 11.4 Å². The number of nitro groups is 1. The summed E-state index contributed by atoms with van der Waals surface area (Å²) in [4.78, 5) is 35.9. The van der Waals surface area contributed by atoms with Crippen molar-refractivity contribution in [2.24, 2.45) is 0 Å². The molecule has 0 aliphatic rings.